The lowest BCUT2D eigenvalue weighted by molar-refractivity contribution is -0.117. The Kier molecular flexibility index (Phi) is 4.16. The molecule has 0 N–H and O–H groups in total. The van der Waals surface area contributed by atoms with Gasteiger partial charge in [0.15, 0.2) is 11.5 Å². The van der Waals surface area contributed by atoms with E-state index in [9.17, 15) is 4.79 Å². The summed E-state index contributed by atoms with van der Waals surface area (Å²) in [5.41, 5.74) is 4.99. The molecule has 0 radical (unpaired) electrons. The Morgan fingerprint density at radius 2 is 2.10 bits per heavy atom. The van der Waals surface area contributed by atoms with Crippen molar-refractivity contribution in [1.82, 2.24) is 4.90 Å². The summed E-state index contributed by atoms with van der Waals surface area (Å²) in [5.74, 6) is 2.44. The van der Waals surface area contributed by atoms with Gasteiger partial charge in [-0.2, -0.15) is 0 Å². The standard InChI is InChI=1S/C24H27N3O3/c1-25-20-6-3-5-17-18-14-26(10-8-19(18)27(23(17)20)15-22(25)28)11-13-29-21-7-2-4-16-9-12-30-24(16)21/h2-7,18-19H,8-15H2,1H3/t18-,19-/m0/s1. The van der Waals surface area contributed by atoms with Gasteiger partial charge in [-0.15, -0.1) is 0 Å². The highest BCUT2D eigenvalue weighted by Gasteiger charge is 2.46. The molecule has 6 nitrogen and oxygen atoms in total. The number of carbonyl (C=O) groups is 1. The van der Waals surface area contributed by atoms with E-state index in [4.69, 9.17) is 9.47 Å². The maximum Gasteiger partial charge on any atom is 0.246 e. The smallest absolute Gasteiger partial charge is 0.246 e. The Morgan fingerprint density at radius 1 is 1.20 bits per heavy atom. The highest BCUT2D eigenvalue weighted by atomic mass is 16.5. The zero-order valence-corrected chi connectivity index (χ0v) is 17.3. The molecule has 0 aliphatic carbocycles. The van der Waals surface area contributed by atoms with Crippen LogP contribution in [0.3, 0.4) is 0 Å². The molecule has 1 amide bonds. The van der Waals surface area contributed by atoms with E-state index in [1.54, 1.807) is 0 Å². The average Bonchev–Trinajstić information content (AvgIpc) is 3.36. The van der Waals surface area contributed by atoms with Gasteiger partial charge in [-0.05, 0) is 24.1 Å². The summed E-state index contributed by atoms with van der Waals surface area (Å²) in [6.07, 6.45) is 2.05. The molecule has 0 aromatic heterocycles. The first-order valence-corrected chi connectivity index (χ1v) is 11.0. The van der Waals surface area contributed by atoms with Gasteiger partial charge in [0.25, 0.3) is 0 Å². The van der Waals surface area contributed by atoms with Gasteiger partial charge in [0.1, 0.15) is 6.61 Å². The number of hydrogen-bond donors (Lipinski definition) is 0. The Hall–Kier alpha value is -2.73. The minimum Gasteiger partial charge on any atom is -0.489 e. The number of carbonyl (C=O) groups excluding carboxylic acids is 1. The summed E-state index contributed by atoms with van der Waals surface area (Å²) in [7, 11) is 1.89. The zero-order chi connectivity index (χ0) is 20.2. The van der Waals surface area contributed by atoms with E-state index in [0.29, 0.717) is 25.1 Å². The van der Waals surface area contributed by atoms with Crippen molar-refractivity contribution in [3.63, 3.8) is 0 Å². The van der Waals surface area contributed by atoms with Crippen molar-refractivity contribution in [2.24, 2.45) is 0 Å². The Balaban J connectivity index is 1.15. The number of nitrogens with zero attached hydrogens (tertiary/aromatic N) is 3. The third kappa shape index (κ3) is 2.70. The molecule has 6 rings (SSSR count). The normalized spacial score (nSPS) is 24.4. The van der Waals surface area contributed by atoms with Crippen molar-refractivity contribution >= 4 is 17.3 Å². The first-order valence-electron chi connectivity index (χ1n) is 11.0. The molecular formula is C24H27N3O3. The highest BCUT2D eigenvalue weighted by Crippen LogP contribution is 2.50. The number of benzene rings is 2. The van der Waals surface area contributed by atoms with Crippen molar-refractivity contribution in [3.05, 3.63) is 47.5 Å². The Morgan fingerprint density at radius 3 is 3.03 bits per heavy atom. The van der Waals surface area contributed by atoms with Crippen LogP contribution in [0.4, 0.5) is 11.4 Å². The van der Waals surface area contributed by atoms with Crippen molar-refractivity contribution in [2.45, 2.75) is 24.8 Å². The summed E-state index contributed by atoms with van der Waals surface area (Å²) in [4.78, 5) is 19.2. The second-order valence-electron chi connectivity index (χ2n) is 8.75. The monoisotopic (exact) mass is 405 g/mol. The number of fused-ring (bicyclic) bond motifs is 4. The summed E-state index contributed by atoms with van der Waals surface area (Å²) >= 11 is 0. The largest absolute Gasteiger partial charge is 0.489 e. The molecule has 2 aromatic rings. The number of likely N-dealkylation sites (N-methyl/N-ethyl adjacent to an activating group) is 1. The third-order valence-corrected chi connectivity index (χ3v) is 7.18. The number of para-hydroxylation sites is 2. The van der Waals surface area contributed by atoms with E-state index in [-0.39, 0.29) is 5.91 Å². The van der Waals surface area contributed by atoms with E-state index in [0.717, 1.165) is 56.3 Å². The lowest BCUT2D eigenvalue weighted by Gasteiger charge is -2.40. The summed E-state index contributed by atoms with van der Waals surface area (Å²) in [6, 6.07) is 13.0. The topological polar surface area (TPSA) is 45.3 Å². The van der Waals surface area contributed by atoms with Crippen molar-refractivity contribution in [3.8, 4) is 11.5 Å². The molecule has 0 unspecified atom stereocenters. The van der Waals surface area contributed by atoms with Crippen LogP contribution >= 0.6 is 0 Å². The first kappa shape index (κ1) is 18.1. The third-order valence-electron chi connectivity index (χ3n) is 7.18. The second kappa shape index (κ2) is 6.91. The molecule has 0 bridgehead atoms. The molecule has 156 valence electrons. The van der Waals surface area contributed by atoms with Crippen LogP contribution in [-0.2, 0) is 11.2 Å². The lowest BCUT2D eigenvalue weighted by atomic mass is 9.89. The molecule has 1 saturated heterocycles. The molecule has 4 aliphatic rings. The SMILES string of the molecule is CN1C(=O)CN2c3c(cccc31)[C@@H]1CN(CCOc3cccc4c3OCC4)CC[C@@H]12. The Bertz CT molecular complexity index is 1010. The molecule has 2 aromatic carbocycles. The molecule has 6 heteroatoms. The molecule has 1 fully saturated rings. The van der Waals surface area contributed by atoms with Crippen molar-refractivity contribution in [1.29, 1.82) is 0 Å². The average molecular weight is 405 g/mol. The van der Waals surface area contributed by atoms with Gasteiger partial charge in [0, 0.05) is 50.6 Å². The predicted octanol–water partition coefficient (Wildman–Crippen LogP) is 2.65. The highest BCUT2D eigenvalue weighted by molar-refractivity contribution is 6.04. The molecule has 4 heterocycles. The van der Waals surface area contributed by atoms with Crippen LogP contribution < -0.4 is 19.3 Å². The Labute approximate surface area is 177 Å². The van der Waals surface area contributed by atoms with E-state index in [1.165, 1.54) is 16.8 Å². The second-order valence-corrected chi connectivity index (χ2v) is 8.75. The molecule has 0 spiro atoms. The van der Waals surface area contributed by atoms with Crippen molar-refractivity contribution < 1.29 is 14.3 Å². The fraction of sp³-hybridized carbons (Fsp3) is 0.458. The fourth-order valence-corrected chi connectivity index (χ4v) is 5.65. The summed E-state index contributed by atoms with van der Waals surface area (Å²) in [5, 5.41) is 0. The van der Waals surface area contributed by atoms with Crippen LogP contribution in [0.5, 0.6) is 11.5 Å². The van der Waals surface area contributed by atoms with E-state index >= 15 is 0 Å². The van der Waals surface area contributed by atoms with E-state index < -0.39 is 0 Å². The molecule has 2 atom stereocenters. The summed E-state index contributed by atoms with van der Waals surface area (Å²) in [6.45, 7) is 4.88. The first-order chi connectivity index (χ1) is 14.7. The number of anilines is 2. The quantitative estimate of drug-likeness (QED) is 0.783. The van der Waals surface area contributed by atoms with Crippen LogP contribution in [-0.4, -0.2) is 63.3 Å². The number of ether oxygens (including phenoxy) is 2. The minimum absolute atomic E-state index is 0.189. The summed E-state index contributed by atoms with van der Waals surface area (Å²) < 4.78 is 11.9. The maximum atomic E-state index is 12.5. The molecular weight excluding hydrogens is 378 g/mol. The zero-order valence-electron chi connectivity index (χ0n) is 17.3. The molecule has 4 aliphatic heterocycles. The van der Waals surface area contributed by atoms with Gasteiger partial charge in [-0.25, -0.2) is 0 Å². The predicted molar refractivity (Wildman–Crippen MR) is 116 cm³/mol. The number of hydrogen-bond acceptors (Lipinski definition) is 5. The van der Waals surface area contributed by atoms with Gasteiger partial charge in [0.2, 0.25) is 5.91 Å². The van der Waals surface area contributed by atoms with Crippen LogP contribution in [0.1, 0.15) is 23.5 Å². The van der Waals surface area contributed by atoms with Gasteiger partial charge in [-0.1, -0.05) is 24.3 Å². The molecule has 0 saturated carbocycles. The minimum atomic E-state index is 0.189. The number of rotatable bonds is 4. The van der Waals surface area contributed by atoms with Crippen molar-refractivity contribution in [2.75, 3.05) is 56.2 Å². The maximum absolute atomic E-state index is 12.5. The van der Waals surface area contributed by atoms with Gasteiger partial charge < -0.3 is 19.3 Å². The number of amides is 1. The van der Waals surface area contributed by atoms with E-state index in [2.05, 4.69) is 40.1 Å². The van der Waals surface area contributed by atoms with Crippen LogP contribution in [0.15, 0.2) is 36.4 Å². The number of piperidine rings is 1. The van der Waals surface area contributed by atoms with E-state index in [1.807, 2.05) is 18.0 Å². The van der Waals surface area contributed by atoms with Crippen LogP contribution in [0.2, 0.25) is 0 Å². The fourth-order valence-electron chi connectivity index (χ4n) is 5.65. The van der Waals surface area contributed by atoms with Gasteiger partial charge in [0.05, 0.1) is 24.5 Å². The van der Waals surface area contributed by atoms with Gasteiger partial charge in [-0.3, -0.25) is 9.69 Å². The lowest BCUT2D eigenvalue weighted by Crippen LogP contribution is -2.51. The van der Waals surface area contributed by atoms with Gasteiger partial charge >= 0.3 is 0 Å². The van der Waals surface area contributed by atoms with Crippen LogP contribution in [0, 0.1) is 0 Å². The number of likely N-dealkylation sites (tertiary alicyclic amines) is 1. The molecule has 30 heavy (non-hydrogen) atoms. The van der Waals surface area contributed by atoms with Crippen LogP contribution in [0.25, 0.3) is 0 Å².